The molecule has 1 heterocycles. The average Bonchev–Trinajstić information content (AvgIpc) is 2.51. The third-order valence-corrected chi connectivity index (χ3v) is 1.77. The molecule has 0 radical (unpaired) electrons. The molecule has 2 N–H and O–H groups in total. The minimum Gasteiger partial charge on any atom is -0.481 e. The maximum atomic E-state index is 11.5. The molecule has 8 heteroatoms. The van der Waals surface area contributed by atoms with Crippen molar-refractivity contribution in [1.82, 2.24) is 25.5 Å². The van der Waals surface area contributed by atoms with Crippen molar-refractivity contribution < 1.29 is 14.7 Å². The molecule has 1 aromatic heterocycles. The standard InChI is InChI=1S/C8H13N5O3/c1-8(2,3-7(15)16)10-6(14)4-13-5-9-11-12-13/h5H,3-4H2,1-2H3,(H,10,14)(H,15,16). The fraction of sp³-hybridized carbons (Fsp3) is 0.625. The van der Waals surface area contributed by atoms with Crippen LogP contribution in [0, 0.1) is 0 Å². The van der Waals surface area contributed by atoms with E-state index in [2.05, 4.69) is 20.8 Å². The molecule has 0 fully saturated rings. The van der Waals surface area contributed by atoms with Gasteiger partial charge in [-0.1, -0.05) is 0 Å². The molecule has 88 valence electrons. The quantitative estimate of drug-likeness (QED) is 0.670. The zero-order chi connectivity index (χ0) is 12.2. The molecule has 1 rings (SSSR count). The summed E-state index contributed by atoms with van der Waals surface area (Å²) in [7, 11) is 0. The van der Waals surface area contributed by atoms with Crippen molar-refractivity contribution in [2.24, 2.45) is 0 Å². The summed E-state index contributed by atoms with van der Waals surface area (Å²) in [5.41, 5.74) is -0.795. The third-order valence-electron chi connectivity index (χ3n) is 1.77. The van der Waals surface area contributed by atoms with Crippen LogP contribution in [0.1, 0.15) is 20.3 Å². The lowest BCUT2D eigenvalue weighted by atomic mass is 10.0. The first-order valence-electron chi connectivity index (χ1n) is 4.63. The van der Waals surface area contributed by atoms with Gasteiger partial charge in [-0.15, -0.1) is 5.10 Å². The topological polar surface area (TPSA) is 110 Å². The van der Waals surface area contributed by atoms with Crippen LogP contribution >= 0.6 is 0 Å². The highest BCUT2D eigenvalue weighted by Gasteiger charge is 2.23. The molecule has 1 aromatic rings. The highest BCUT2D eigenvalue weighted by atomic mass is 16.4. The predicted octanol–water partition coefficient (Wildman–Crippen LogP) is -0.957. The number of rotatable bonds is 5. The Labute approximate surface area is 91.6 Å². The number of carbonyl (C=O) groups excluding carboxylic acids is 1. The molecule has 0 aliphatic carbocycles. The summed E-state index contributed by atoms with van der Waals surface area (Å²) in [6.45, 7) is 3.24. The Morgan fingerprint density at radius 3 is 2.69 bits per heavy atom. The number of carbonyl (C=O) groups is 2. The molecule has 0 saturated carbocycles. The van der Waals surface area contributed by atoms with Gasteiger partial charge < -0.3 is 10.4 Å². The van der Waals surface area contributed by atoms with Gasteiger partial charge in [0.15, 0.2) is 0 Å². The number of aliphatic carboxylic acids is 1. The number of carboxylic acid groups (broad SMARTS) is 1. The molecule has 0 aromatic carbocycles. The molecule has 0 atom stereocenters. The number of hydrogen-bond donors (Lipinski definition) is 2. The van der Waals surface area contributed by atoms with E-state index in [4.69, 9.17) is 5.11 Å². The predicted molar refractivity (Wildman–Crippen MR) is 52.3 cm³/mol. The lowest BCUT2D eigenvalue weighted by molar-refractivity contribution is -0.138. The molecule has 0 unspecified atom stereocenters. The fourth-order valence-electron chi connectivity index (χ4n) is 1.24. The van der Waals surface area contributed by atoms with E-state index in [-0.39, 0.29) is 18.9 Å². The maximum Gasteiger partial charge on any atom is 0.305 e. The van der Waals surface area contributed by atoms with Crippen molar-refractivity contribution in [2.45, 2.75) is 32.4 Å². The second-order valence-corrected chi connectivity index (χ2v) is 4.01. The van der Waals surface area contributed by atoms with Crippen LogP contribution in [0.2, 0.25) is 0 Å². The molecule has 0 aliphatic rings. The lowest BCUT2D eigenvalue weighted by Gasteiger charge is -2.23. The van der Waals surface area contributed by atoms with Gasteiger partial charge in [-0.3, -0.25) is 9.59 Å². The van der Waals surface area contributed by atoms with Crippen LogP contribution in [0.4, 0.5) is 0 Å². The molecule has 0 saturated heterocycles. The molecule has 0 spiro atoms. The van der Waals surface area contributed by atoms with Gasteiger partial charge in [0.25, 0.3) is 0 Å². The molecule has 1 amide bonds. The van der Waals surface area contributed by atoms with Crippen molar-refractivity contribution in [3.63, 3.8) is 0 Å². The number of hydrogen-bond acceptors (Lipinski definition) is 5. The second-order valence-electron chi connectivity index (χ2n) is 4.01. The summed E-state index contributed by atoms with van der Waals surface area (Å²) >= 11 is 0. The fourth-order valence-corrected chi connectivity index (χ4v) is 1.24. The first kappa shape index (κ1) is 12.1. The Morgan fingerprint density at radius 2 is 2.19 bits per heavy atom. The minimum absolute atomic E-state index is 0.0317. The Bertz CT molecular complexity index is 373. The van der Waals surface area contributed by atoms with Crippen molar-refractivity contribution in [1.29, 1.82) is 0 Å². The van der Waals surface area contributed by atoms with Crippen molar-refractivity contribution in [2.75, 3.05) is 0 Å². The van der Waals surface area contributed by atoms with Crippen LogP contribution in [0.25, 0.3) is 0 Å². The highest BCUT2D eigenvalue weighted by Crippen LogP contribution is 2.07. The van der Waals surface area contributed by atoms with E-state index in [0.29, 0.717) is 0 Å². The number of aromatic nitrogens is 4. The van der Waals surface area contributed by atoms with Gasteiger partial charge in [0.1, 0.15) is 12.9 Å². The molecule has 8 nitrogen and oxygen atoms in total. The van der Waals surface area contributed by atoms with Crippen LogP contribution in [-0.2, 0) is 16.1 Å². The Hall–Kier alpha value is -1.99. The second kappa shape index (κ2) is 4.69. The van der Waals surface area contributed by atoms with Gasteiger partial charge in [-0.05, 0) is 24.3 Å². The summed E-state index contributed by atoms with van der Waals surface area (Å²) in [5.74, 6) is -1.30. The monoisotopic (exact) mass is 227 g/mol. The van der Waals surface area contributed by atoms with Crippen molar-refractivity contribution in [3.05, 3.63) is 6.33 Å². The Kier molecular flexibility index (Phi) is 3.54. The number of carboxylic acids is 1. The summed E-state index contributed by atoms with van der Waals surface area (Å²) in [4.78, 5) is 22.0. The third kappa shape index (κ3) is 4.03. The number of nitrogens with zero attached hydrogens (tertiary/aromatic N) is 4. The van der Waals surface area contributed by atoms with E-state index in [1.54, 1.807) is 13.8 Å². The van der Waals surface area contributed by atoms with Gasteiger partial charge >= 0.3 is 5.97 Å². The van der Waals surface area contributed by atoms with Crippen LogP contribution in [0.5, 0.6) is 0 Å². The van der Waals surface area contributed by atoms with E-state index in [1.807, 2.05) is 0 Å². The van der Waals surface area contributed by atoms with E-state index in [1.165, 1.54) is 11.0 Å². The largest absolute Gasteiger partial charge is 0.481 e. The van der Waals surface area contributed by atoms with E-state index >= 15 is 0 Å². The smallest absolute Gasteiger partial charge is 0.305 e. The zero-order valence-electron chi connectivity index (χ0n) is 9.04. The van der Waals surface area contributed by atoms with Gasteiger partial charge in [0.2, 0.25) is 5.91 Å². The van der Waals surface area contributed by atoms with Gasteiger partial charge in [-0.25, -0.2) is 4.68 Å². The molecular formula is C8H13N5O3. The first-order valence-corrected chi connectivity index (χ1v) is 4.63. The van der Waals surface area contributed by atoms with E-state index in [9.17, 15) is 9.59 Å². The normalized spacial score (nSPS) is 11.1. The van der Waals surface area contributed by atoms with Gasteiger partial charge in [0, 0.05) is 5.54 Å². The first-order chi connectivity index (χ1) is 7.39. The van der Waals surface area contributed by atoms with E-state index < -0.39 is 11.5 Å². The molecule has 0 aliphatic heterocycles. The van der Waals surface area contributed by atoms with Gasteiger partial charge in [0.05, 0.1) is 6.42 Å². The highest BCUT2D eigenvalue weighted by molar-refractivity contribution is 5.77. The van der Waals surface area contributed by atoms with Crippen LogP contribution in [0.15, 0.2) is 6.33 Å². The molecule has 16 heavy (non-hydrogen) atoms. The molecule has 0 bridgehead atoms. The van der Waals surface area contributed by atoms with Crippen molar-refractivity contribution >= 4 is 11.9 Å². The minimum atomic E-state index is -0.965. The van der Waals surface area contributed by atoms with E-state index in [0.717, 1.165) is 0 Å². The average molecular weight is 227 g/mol. The number of nitrogens with one attached hydrogen (secondary N) is 1. The van der Waals surface area contributed by atoms with Crippen LogP contribution < -0.4 is 5.32 Å². The number of amides is 1. The summed E-state index contributed by atoms with van der Waals surface area (Å²) in [6, 6.07) is 0. The van der Waals surface area contributed by atoms with Crippen LogP contribution in [0.3, 0.4) is 0 Å². The lowest BCUT2D eigenvalue weighted by Crippen LogP contribution is -2.46. The van der Waals surface area contributed by atoms with Crippen LogP contribution in [-0.4, -0.2) is 42.7 Å². The Morgan fingerprint density at radius 1 is 1.50 bits per heavy atom. The Balaban J connectivity index is 2.47. The summed E-state index contributed by atoms with van der Waals surface area (Å²) in [5, 5.41) is 21.5. The maximum absolute atomic E-state index is 11.5. The molecular weight excluding hydrogens is 214 g/mol. The number of tetrazole rings is 1. The summed E-state index contributed by atoms with van der Waals surface area (Å²) in [6.07, 6.45) is 1.16. The zero-order valence-corrected chi connectivity index (χ0v) is 9.04. The SMILES string of the molecule is CC(C)(CC(=O)O)NC(=O)Cn1cnnn1. The van der Waals surface area contributed by atoms with Gasteiger partial charge in [-0.2, -0.15) is 0 Å². The van der Waals surface area contributed by atoms with Crippen molar-refractivity contribution in [3.8, 4) is 0 Å². The summed E-state index contributed by atoms with van der Waals surface area (Å²) < 4.78 is 1.26.